The monoisotopic (exact) mass is 255 g/mol. The molecule has 1 aliphatic rings. The predicted molar refractivity (Wildman–Crippen MR) is 65.9 cm³/mol. The zero-order valence-corrected chi connectivity index (χ0v) is 12.6. The fraction of sp³-hybridized carbons (Fsp3) is 0.250. The second-order valence-corrected chi connectivity index (χ2v) is 3.92. The molecular weight excluding hydrogens is 243 g/mol. The minimum atomic E-state index is -0.913. The van der Waals surface area contributed by atoms with Crippen LogP contribution in [0.2, 0.25) is 0 Å². The maximum Gasteiger partial charge on any atom is 0.332 e. The maximum atomic E-state index is 11.9. The minimum Gasteiger partial charge on any atom is -0.273 e. The number of carbonyl (C=O) groups is 3. The molecule has 6 heteroatoms. The predicted octanol–water partition coefficient (Wildman–Crippen LogP) is 0.440. The average Bonchev–Trinajstić information content (AvgIpc) is 2.36. The van der Waals surface area contributed by atoms with Crippen LogP contribution in [0.25, 0.3) is 0 Å². The van der Waals surface area contributed by atoms with E-state index in [2.05, 4.69) is 0 Å². The quantitative estimate of drug-likeness (QED) is 0.540. The molecule has 1 fully saturated rings. The molecule has 0 atom stereocenters. The molecule has 1 heterocycles. The standard InChI is InChI=1S/C12H12N2O3.Na/c1-13-10(15)9(8-6-4-3-5-7-8)11(16)14(2)12(13)17;/h3-7,9H,1-2H3;. The van der Waals surface area contributed by atoms with E-state index in [-0.39, 0.29) is 29.6 Å². The van der Waals surface area contributed by atoms with Crippen LogP contribution < -0.4 is 0 Å². The van der Waals surface area contributed by atoms with Gasteiger partial charge in [0.15, 0.2) is 0 Å². The van der Waals surface area contributed by atoms with Gasteiger partial charge in [0.05, 0.1) is 0 Å². The van der Waals surface area contributed by atoms with Crippen molar-refractivity contribution in [1.29, 1.82) is 0 Å². The number of hydrogen-bond acceptors (Lipinski definition) is 3. The van der Waals surface area contributed by atoms with Crippen molar-refractivity contribution in [2.45, 2.75) is 5.92 Å². The molecular formula is C12H12N2NaO3. The van der Waals surface area contributed by atoms with Gasteiger partial charge in [0, 0.05) is 43.7 Å². The summed E-state index contributed by atoms with van der Waals surface area (Å²) in [5.41, 5.74) is 0.605. The van der Waals surface area contributed by atoms with Crippen LogP contribution in [0.1, 0.15) is 11.5 Å². The second kappa shape index (κ2) is 5.65. The van der Waals surface area contributed by atoms with E-state index >= 15 is 0 Å². The number of imide groups is 2. The summed E-state index contributed by atoms with van der Waals surface area (Å²) in [4.78, 5) is 37.4. The molecule has 0 aromatic heterocycles. The van der Waals surface area contributed by atoms with E-state index in [4.69, 9.17) is 0 Å². The normalized spacial score (nSPS) is 16.9. The number of likely N-dealkylation sites (N-methyl/N-ethyl adjacent to an activating group) is 2. The van der Waals surface area contributed by atoms with Gasteiger partial charge in [0.25, 0.3) is 0 Å². The Labute approximate surface area is 127 Å². The Morgan fingerprint density at radius 3 is 1.78 bits per heavy atom. The molecule has 4 amide bonds. The molecule has 18 heavy (non-hydrogen) atoms. The summed E-state index contributed by atoms with van der Waals surface area (Å²) in [6.07, 6.45) is 0. The molecule has 1 aromatic rings. The van der Waals surface area contributed by atoms with E-state index in [0.29, 0.717) is 5.56 Å². The summed E-state index contributed by atoms with van der Waals surface area (Å²) in [7, 11) is 2.76. The summed E-state index contributed by atoms with van der Waals surface area (Å²) in [6, 6.07) is 8.14. The molecule has 1 aliphatic heterocycles. The number of urea groups is 1. The van der Waals surface area contributed by atoms with Crippen molar-refractivity contribution in [3.05, 3.63) is 35.9 Å². The Hall–Kier alpha value is -1.17. The number of rotatable bonds is 1. The molecule has 0 aliphatic carbocycles. The Morgan fingerprint density at radius 2 is 1.33 bits per heavy atom. The van der Waals surface area contributed by atoms with Crippen LogP contribution in [0, 0.1) is 0 Å². The van der Waals surface area contributed by atoms with Crippen LogP contribution in [-0.4, -0.2) is 71.3 Å². The van der Waals surface area contributed by atoms with Crippen molar-refractivity contribution < 1.29 is 14.4 Å². The number of nitrogens with zero attached hydrogens (tertiary/aromatic N) is 2. The SMILES string of the molecule is CN1C(=O)C(c2ccccc2)C(=O)N(C)C1=O.[Na]. The van der Waals surface area contributed by atoms with Crippen LogP contribution in [0.15, 0.2) is 30.3 Å². The zero-order valence-electron chi connectivity index (χ0n) is 10.6. The second-order valence-electron chi connectivity index (χ2n) is 3.92. The number of hydrogen-bond donors (Lipinski definition) is 0. The number of benzene rings is 1. The Kier molecular flexibility index (Phi) is 4.67. The van der Waals surface area contributed by atoms with Gasteiger partial charge in [0.1, 0.15) is 5.92 Å². The smallest absolute Gasteiger partial charge is 0.273 e. The summed E-state index contributed by atoms with van der Waals surface area (Å²) >= 11 is 0. The van der Waals surface area contributed by atoms with Crippen LogP contribution in [0.5, 0.6) is 0 Å². The van der Waals surface area contributed by atoms with Gasteiger partial charge in [0.2, 0.25) is 11.8 Å². The number of barbiturate groups is 1. The zero-order chi connectivity index (χ0) is 12.6. The van der Waals surface area contributed by atoms with E-state index in [1.807, 2.05) is 0 Å². The Morgan fingerprint density at radius 1 is 0.889 bits per heavy atom. The molecule has 1 saturated heterocycles. The topological polar surface area (TPSA) is 57.7 Å². The van der Waals surface area contributed by atoms with E-state index in [9.17, 15) is 14.4 Å². The first-order valence-corrected chi connectivity index (χ1v) is 5.18. The molecule has 5 nitrogen and oxygen atoms in total. The van der Waals surface area contributed by atoms with Crippen LogP contribution >= 0.6 is 0 Å². The van der Waals surface area contributed by atoms with Gasteiger partial charge in [-0.25, -0.2) is 4.79 Å². The minimum absolute atomic E-state index is 0. The third kappa shape index (κ3) is 2.34. The van der Waals surface area contributed by atoms with Crippen molar-refractivity contribution in [3.8, 4) is 0 Å². The molecule has 1 aromatic carbocycles. The van der Waals surface area contributed by atoms with Gasteiger partial charge in [-0.2, -0.15) is 0 Å². The van der Waals surface area contributed by atoms with E-state index < -0.39 is 23.8 Å². The molecule has 0 bridgehead atoms. The fourth-order valence-electron chi connectivity index (χ4n) is 1.84. The Bertz CT molecular complexity index is 465. The molecule has 0 N–H and O–H groups in total. The van der Waals surface area contributed by atoms with Crippen molar-refractivity contribution in [1.82, 2.24) is 9.80 Å². The molecule has 1 radical (unpaired) electrons. The van der Waals surface area contributed by atoms with Crippen molar-refractivity contribution >= 4 is 47.4 Å². The van der Waals surface area contributed by atoms with Gasteiger partial charge < -0.3 is 0 Å². The molecule has 0 spiro atoms. The Balaban J connectivity index is 0.00000162. The first-order chi connectivity index (χ1) is 8.04. The van der Waals surface area contributed by atoms with Crippen LogP contribution in [0.4, 0.5) is 4.79 Å². The third-order valence-corrected chi connectivity index (χ3v) is 2.86. The van der Waals surface area contributed by atoms with Crippen molar-refractivity contribution in [2.24, 2.45) is 0 Å². The summed E-state index contributed by atoms with van der Waals surface area (Å²) in [5, 5.41) is 0. The maximum absolute atomic E-state index is 11.9. The summed E-state index contributed by atoms with van der Waals surface area (Å²) in [5.74, 6) is -1.88. The molecule has 89 valence electrons. The molecule has 0 saturated carbocycles. The third-order valence-electron chi connectivity index (χ3n) is 2.86. The van der Waals surface area contributed by atoms with Crippen LogP contribution in [-0.2, 0) is 9.59 Å². The van der Waals surface area contributed by atoms with Gasteiger partial charge in [-0.15, -0.1) is 0 Å². The van der Waals surface area contributed by atoms with Crippen molar-refractivity contribution in [3.63, 3.8) is 0 Å². The number of amides is 4. The van der Waals surface area contributed by atoms with Gasteiger partial charge in [-0.3, -0.25) is 19.4 Å². The van der Waals surface area contributed by atoms with Crippen LogP contribution in [0.3, 0.4) is 0 Å². The molecule has 0 unspecified atom stereocenters. The van der Waals surface area contributed by atoms with E-state index in [1.54, 1.807) is 30.3 Å². The van der Waals surface area contributed by atoms with E-state index in [0.717, 1.165) is 9.80 Å². The summed E-state index contributed by atoms with van der Waals surface area (Å²) in [6.45, 7) is 0. The van der Waals surface area contributed by atoms with Gasteiger partial charge >= 0.3 is 6.03 Å². The number of carbonyl (C=O) groups excluding carboxylic acids is 3. The van der Waals surface area contributed by atoms with Crippen molar-refractivity contribution in [2.75, 3.05) is 14.1 Å². The first-order valence-electron chi connectivity index (χ1n) is 5.18. The first kappa shape index (κ1) is 14.9. The summed E-state index contributed by atoms with van der Waals surface area (Å²) < 4.78 is 0. The average molecular weight is 255 g/mol. The van der Waals surface area contributed by atoms with E-state index in [1.165, 1.54) is 14.1 Å². The largest absolute Gasteiger partial charge is 0.332 e. The van der Waals surface area contributed by atoms with Gasteiger partial charge in [-0.05, 0) is 5.56 Å². The van der Waals surface area contributed by atoms with Gasteiger partial charge in [-0.1, -0.05) is 30.3 Å². The molecule has 2 rings (SSSR count). The fourth-order valence-corrected chi connectivity index (χ4v) is 1.84.